The zero-order chi connectivity index (χ0) is 15.1. The molecular formula is C15H14ClNO4. The fourth-order valence-electron chi connectivity index (χ4n) is 2.94. The predicted molar refractivity (Wildman–Crippen MR) is 77.0 cm³/mol. The highest BCUT2D eigenvalue weighted by Crippen LogP contribution is 2.45. The van der Waals surface area contributed by atoms with E-state index in [1.807, 2.05) is 6.92 Å². The molecule has 21 heavy (non-hydrogen) atoms. The molecule has 2 N–H and O–H groups in total. The number of fused-ring (bicyclic) bond motifs is 1. The Morgan fingerprint density at radius 2 is 2.00 bits per heavy atom. The molecular weight excluding hydrogens is 294 g/mol. The highest BCUT2D eigenvalue weighted by Gasteiger charge is 2.25. The molecule has 1 aliphatic rings. The van der Waals surface area contributed by atoms with Crippen molar-refractivity contribution in [1.29, 1.82) is 0 Å². The van der Waals surface area contributed by atoms with Gasteiger partial charge in [-0.1, -0.05) is 16.8 Å². The molecule has 0 saturated carbocycles. The molecule has 110 valence electrons. The van der Waals surface area contributed by atoms with Crippen LogP contribution in [0.4, 0.5) is 0 Å². The molecule has 0 atom stereocenters. The summed E-state index contributed by atoms with van der Waals surface area (Å²) >= 11 is 6.28. The van der Waals surface area contributed by atoms with Crippen molar-refractivity contribution in [2.75, 3.05) is 0 Å². The molecule has 0 amide bonds. The number of nitrogens with zero attached hydrogens (tertiary/aromatic N) is 1. The smallest absolute Gasteiger partial charge is 0.358 e. The second-order valence-corrected chi connectivity index (χ2v) is 5.59. The molecule has 0 unspecified atom stereocenters. The molecule has 3 rings (SSSR count). The second-order valence-electron chi connectivity index (χ2n) is 5.21. The first-order valence-corrected chi connectivity index (χ1v) is 7.11. The summed E-state index contributed by atoms with van der Waals surface area (Å²) in [5, 5.41) is 23.1. The molecule has 1 aliphatic carbocycles. The number of hydrogen-bond donors (Lipinski definition) is 2. The average molecular weight is 308 g/mol. The van der Waals surface area contributed by atoms with Crippen LogP contribution >= 0.6 is 11.6 Å². The summed E-state index contributed by atoms with van der Waals surface area (Å²) in [6, 6.07) is 1.30. The van der Waals surface area contributed by atoms with Crippen molar-refractivity contribution in [3.8, 4) is 17.1 Å². The largest absolute Gasteiger partial charge is 0.506 e. The molecule has 5 nitrogen and oxygen atoms in total. The highest BCUT2D eigenvalue weighted by atomic mass is 35.5. The molecule has 0 saturated heterocycles. The predicted octanol–water partition coefficient (Wildman–Crippen LogP) is 3.59. The van der Waals surface area contributed by atoms with Crippen molar-refractivity contribution in [2.24, 2.45) is 0 Å². The Hall–Kier alpha value is -2.01. The first-order chi connectivity index (χ1) is 10.0. The molecule has 0 bridgehead atoms. The van der Waals surface area contributed by atoms with Gasteiger partial charge in [0.05, 0.1) is 10.6 Å². The van der Waals surface area contributed by atoms with E-state index in [0.717, 1.165) is 42.4 Å². The van der Waals surface area contributed by atoms with Gasteiger partial charge < -0.3 is 14.7 Å². The molecule has 0 radical (unpaired) electrons. The fourth-order valence-corrected chi connectivity index (χ4v) is 3.24. The fraction of sp³-hybridized carbons (Fsp3) is 0.333. The zero-order valence-electron chi connectivity index (χ0n) is 11.4. The van der Waals surface area contributed by atoms with E-state index >= 15 is 0 Å². The number of hydrogen-bond acceptors (Lipinski definition) is 4. The number of aromatic hydroxyl groups is 1. The van der Waals surface area contributed by atoms with Gasteiger partial charge in [-0.3, -0.25) is 0 Å². The van der Waals surface area contributed by atoms with E-state index in [1.165, 1.54) is 6.07 Å². The maximum Gasteiger partial charge on any atom is 0.358 e. The van der Waals surface area contributed by atoms with Crippen molar-refractivity contribution in [3.05, 3.63) is 33.5 Å². The SMILES string of the molecule is Cc1c2c(c(Cl)c(O)c1-c1cc(C(=O)O)no1)CCCC2. The summed E-state index contributed by atoms with van der Waals surface area (Å²) in [4.78, 5) is 10.9. The molecule has 0 aliphatic heterocycles. The number of halogens is 1. The van der Waals surface area contributed by atoms with Crippen LogP contribution in [0.3, 0.4) is 0 Å². The van der Waals surface area contributed by atoms with Gasteiger partial charge in [-0.15, -0.1) is 0 Å². The lowest BCUT2D eigenvalue weighted by atomic mass is 9.85. The van der Waals surface area contributed by atoms with Crippen molar-refractivity contribution in [3.63, 3.8) is 0 Å². The lowest BCUT2D eigenvalue weighted by Crippen LogP contribution is -2.07. The van der Waals surface area contributed by atoms with Crippen LogP contribution < -0.4 is 0 Å². The average Bonchev–Trinajstić information content (AvgIpc) is 2.95. The minimum absolute atomic E-state index is 0.0668. The number of aromatic carboxylic acids is 1. The number of benzene rings is 1. The van der Waals surface area contributed by atoms with Crippen LogP contribution in [-0.2, 0) is 12.8 Å². The minimum atomic E-state index is -1.17. The number of phenols is 1. The van der Waals surface area contributed by atoms with Gasteiger partial charge >= 0.3 is 5.97 Å². The van der Waals surface area contributed by atoms with Crippen molar-refractivity contribution < 1.29 is 19.5 Å². The standard InChI is InChI=1S/C15H14ClNO4/c1-7-8-4-2-3-5-9(8)13(16)14(18)12(7)11-6-10(15(19)20)17-21-11/h6,18H,2-5H2,1H3,(H,19,20). The van der Waals surface area contributed by atoms with E-state index in [2.05, 4.69) is 5.16 Å². The maximum atomic E-state index is 10.9. The minimum Gasteiger partial charge on any atom is -0.506 e. The Balaban J connectivity index is 2.22. The van der Waals surface area contributed by atoms with Crippen LogP contribution in [0.1, 0.15) is 40.0 Å². The lowest BCUT2D eigenvalue weighted by Gasteiger charge is -2.22. The van der Waals surface area contributed by atoms with Crippen LogP contribution in [0, 0.1) is 6.92 Å². The molecule has 0 spiro atoms. The number of phenolic OH excluding ortho intramolecular Hbond substituents is 1. The zero-order valence-corrected chi connectivity index (χ0v) is 12.2. The van der Waals surface area contributed by atoms with Gasteiger partial charge in [0.2, 0.25) is 0 Å². The summed E-state index contributed by atoms with van der Waals surface area (Å²) in [5.74, 6) is -1.02. The maximum absolute atomic E-state index is 10.9. The first kappa shape index (κ1) is 13.9. The van der Waals surface area contributed by atoms with Gasteiger partial charge in [0.1, 0.15) is 5.75 Å². The Morgan fingerprint density at radius 3 is 2.62 bits per heavy atom. The second kappa shape index (κ2) is 5.07. The van der Waals surface area contributed by atoms with Crippen LogP contribution in [-0.4, -0.2) is 21.3 Å². The third kappa shape index (κ3) is 2.17. The van der Waals surface area contributed by atoms with Gasteiger partial charge in [-0.05, 0) is 49.3 Å². The molecule has 6 heteroatoms. The summed E-state index contributed by atoms with van der Waals surface area (Å²) in [5.41, 5.74) is 3.21. The Bertz CT molecular complexity index is 736. The number of carboxylic acids is 1. The van der Waals surface area contributed by atoms with E-state index in [1.54, 1.807) is 0 Å². The summed E-state index contributed by atoms with van der Waals surface area (Å²) < 4.78 is 5.07. The third-order valence-electron chi connectivity index (χ3n) is 3.98. The molecule has 2 aromatic rings. The lowest BCUT2D eigenvalue weighted by molar-refractivity contribution is 0.0686. The van der Waals surface area contributed by atoms with Crippen molar-refractivity contribution in [1.82, 2.24) is 5.16 Å². The molecule has 0 fully saturated rings. The number of rotatable bonds is 2. The van der Waals surface area contributed by atoms with Gasteiger partial charge in [0.15, 0.2) is 11.5 Å². The molecule has 1 aromatic carbocycles. The Kier molecular flexibility index (Phi) is 3.37. The highest BCUT2D eigenvalue weighted by molar-refractivity contribution is 6.33. The number of aromatic nitrogens is 1. The van der Waals surface area contributed by atoms with Crippen molar-refractivity contribution in [2.45, 2.75) is 32.6 Å². The monoisotopic (exact) mass is 307 g/mol. The van der Waals surface area contributed by atoms with Gasteiger partial charge in [-0.25, -0.2) is 4.79 Å². The molecule has 1 aromatic heterocycles. The van der Waals surface area contributed by atoms with Crippen LogP contribution in [0.15, 0.2) is 10.6 Å². The van der Waals surface area contributed by atoms with Gasteiger partial charge in [0, 0.05) is 6.07 Å². The topological polar surface area (TPSA) is 83.6 Å². The Labute approximate surface area is 126 Å². The number of carboxylic acid groups (broad SMARTS) is 1. The van der Waals surface area contributed by atoms with Crippen LogP contribution in [0.5, 0.6) is 5.75 Å². The first-order valence-electron chi connectivity index (χ1n) is 6.74. The Morgan fingerprint density at radius 1 is 1.33 bits per heavy atom. The van der Waals surface area contributed by atoms with E-state index in [-0.39, 0.29) is 17.2 Å². The van der Waals surface area contributed by atoms with Crippen molar-refractivity contribution >= 4 is 17.6 Å². The summed E-state index contributed by atoms with van der Waals surface area (Å²) in [6.07, 6.45) is 3.87. The normalized spacial score (nSPS) is 14.0. The van der Waals surface area contributed by atoms with E-state index < -0.39 is 5.97 Å². The summed E-state index contributed by atoms with van der Waals surface area (Å²) in [6.45, 7) is 1.89. The van der Waals surface area contributed by atoms with Gasteiger partial charge in [-0.2, -0.15) is 0 Å². The quantitative estimate of drug-likeness (QED) is 0.886. The van der Waals surface area contributed by atoms with Crippen LogP contribution in [0.2, 0.25) is 5.02 Å². The van der Waals surface area contributed by atoms with Gasteiger partial charge in [0.25, 0.3) is 0 Å². The third-order valence-corrected chi connectivity index (χ3v) is 4.39. The summed E-state index contributed by atoms with van der Waals surface area (Å²) in [7, 11) is 0. The van der Waals surface area contributed by atoms with E-state index in [9.17, 15) is 9.90 Å². The van der Waals surface area contributed by atoms with Crippen LogP contribution in [0.25, 0.3) is 11.3 Å². The van der Waals surface area contributed by atoms with E-state index in [0.29, 0.717) is 10.6 Å². The van der Waals surface area contributed by atoms with E-state index in [4.69, 9.17) is 21.2 Å². The number of carbonyl (C=O) groups is 1. The molecule has 1 heterocycles.